The Morgan fingerprint density at radius 1 is 0.636 bits per heavy atom. The van der Waals surface area contributed by atoms with Crippen LogP contribution in [0.5, 0.6) is 0 Å². The molecule has 3 heterocycles. The van der Waals surface area contributed by atoms with E-state index in [0.29, 0.717) is 37.7 Å². The Balaban J connectivity index is 1.09. The van der Waals surface area contributed by atoms with Crippen LogP contribution in [0.1, 0.15) is 121 Å². The Bertz CT molecular complexity index is 2230. The number of allylic oxidation sites excluding steroid dienone is 3. The van der Waals surface area contributed by atoms with Gasteiger partial charge in [-0.1, -0.05) is 66.2 Å². The Labute approximate surface area is 449 Å². The van der Waals surface area contributed by atoms with Gasteiger partial charge in [-0.25, -0.2) is 4.79 Å². The number of carboxylic acids is 1. The van der Waals surface area contributed by atoms with Gasteiger partial charge >= 0.3 is 17.9 Å². The SMILES string of the molecule is C/C=C(\C)C(=O)O[C@H]1[C@H](OC(C)=O)[C@]2(C(=O)O)CC[C@]3(C)C(=CCC4[C@@]5(C)CC[C@H](O[C@@H]6O[C@H](CO)[C@@H](O[C@@H]7O[C@H](CO)[C@@H](O)[C@H](O)[C@H]7O)[C@H](O)[C@H]6O[C@@H]6O[C@H](CO)[C@H](O)[C@H](O)[C@H]6O)C(C)(C)C5CC[C@]43C)C2CC1(C)C. The third kappa shape index (κ3) is 9.75. The maximum atomic E-state index is 14.0. The molecule has 8 rings (SSSR count). The average molecular weight is 1100 g/mol. The van der Waals surface area contributed by atoms with Gasteiger partial charge in [-0.05, 0) is 98.7 Å². The van der Waals surface area contributed by atoms with E-state index in [2.05, 4.69) is 40.7 Å². The topological polar surface area (TPSA) is 348 Å². The van der Waals surface area contributed by atoms with Crippen molar-refractivity contribution in [3.05, 3.63) is 23.3 Å². The van der Waals surface area contributed by atoms with Crippen LogP contribution < -0.4 is 0 Å². The number of aliphatic carboxylic acids is 1. The molecule has 7 fully saturated rings. The molecule has 0 aromatic carbocycles. The van der Waals surface area contributed by atoms with E-state index in [1.165, 1.54) is 6.92 Å². The van der Waals surface area contributed by atoms with Gasteiger partial charge in [0, 0.05) is 23.8 Å². The minimum atomic E-state index is -1.92. The number of carbonyl (C=O) groups excluding carboxylic acids is 2. The molecule has 5 aliphatic carbocycles. The molecule has 0 aromatic rings. The van der Waals surface area contributed by atoms with Crippen LogP contribution in [0.25, 0.3) is 0 Å². The summed E-state index contributed by atoms with van der Waals surface area (Å²) in [5, 5.41) is 119. The zero-order chi connectivity index (χ0) is 56.9. The second kappa shape index (κ2) is 21.9. The third-order valence-corrected chi connectivity index (χ3v) is 20.8. The predicted molar refractivity (Wildman–Crippen MR) is 266 cm³/mol. The molecule has 77 heavy (non-hydrogen) atoms. The van der Waals surface area contributed by atoms with Crippen LogP contribution >= 0.6 is 0 Å². The zero-order valence-electron chi connectivity index (χ0n) is 46.0. The highest BCUT2D eigenvalue weighted by molar-refractivity contribution is 5.88. The Kier molecular flexibility index (Phi) is 17.1. The first-order valence-corrected chi connectivity index (χ1v) is 27.4. The lowest BCUT2D eigenvalue weighted by molar-refractivity contribution is -0.395. The van der Waals surface area contributed by atoms with Gasteiger partial charge < -0.3 is 94.1 Å². The summed E-state index contributed by atoms with van der Waals surface area (Å²) in [5.41, 5.74) is -2.76. The summed E-state index contributed by atoms with van der Waals surface area (Å²) >= 11 is 0. The summed E-state index contributed by atoms with van der Waals surface area (Å²) in [6.45, 7) is 17.2. The molecule has 4 saturated carbocycles. The van der Waals surface area contributed by atoms with Gasteiger partial charge in [0.15, 0.2) is 25.0 Å². The number of rotatable bonds is 13. The Morgan fingerprint density at radius 3 is 1.73 bits per heavy atom. The van der Waals surface area contributed by atoms with Crippen molar-refractivity contribution in [2.24, 2.45) is 50.2 Å². The molecule has 0 amide bonds. The van der Waals surface area contributed by atoms with Gasteiger partial charge in [0.2, 0.25) is 0 Å². The summed E-state index contributed by atoms with van der Waals surface area (Å²) in [6.07, 6.45) is -20.3. The van der Waals surface area contributed by atoms with Gasteiger partial charge in [-0.2, -0.15) is 0 Å². The van der Waals surface area contributed by atoms with Gasteiger partial charge in [0.05, 0.1) is 25.9 Å². The maximum Gasteiger partial charge on any atom is 0.333 e. The highest BCUT2D eigenvalue weighted by Gasteiger charge is 2.74. The number of carboxylic acid groups (broad SMARTS) is 1. The van der Waals surface area contributed by atoms with Gasteiger partial charge in [-0.15, -0.1) is 0 Å². The molecule has 22 heteroatoms. The van der Waals surface area contributed by atoms with Crippen molar-refractivity contribution >= 4 is 17.9 Å². The molecule has 3 aliphatic heterocycles. The fourth-order valence-corrected chi connectivity index (χ4v) is 16.1. The predicted octanol–water partition coefficient (Wildman–Crippen LogP) is 0.736. The number of hydrogen-bond donors (Lipinski definition) is 11. The molecule has 0 spiro atoms. The molecule has 438 valence electrons. The second-order valence-corrected chi connectivity index (χ2v) is 25.5. The van der Waals surface area contributed by atoms with E-state index in [1.807, 2.05) is 13.8 Å². The van der Waals surface area contributed by atoms with E-state index < -0.39 is 176 Å². The highest BCUT2D eigenvalue weighted by Crippen LogP contribution is 2.76. The normalized spacial score (nSPS) is 49.4. The molecule has 3 saturated heterocycles. The second-order valence-electron chi connectivity index (χ2n) is 25.5. The molecule has 22 nitrogen and oxygen atoms in total. The van der Waals surface area contributed by atoms with Crippen molar-refractivity contribution in [3.63, 3.8) is 0 Å². The lowest BCUT2D eigenvalue weighted by atomic mass is 9.33. The molecule has 8 aliphatic rings. The van der Waals surface area contributed by atoms with E-state index >= 15 is 0 Å². The number of fused-ring (bicyclic) bond motifs is 7. The van der Waals surface area contributed by atoms with Crippen LogP contribution in [-0.2, 0) is 52.3 Å². The van der Waals surface area contributed by atoms with Crippen molar-refractivity contribution in [1.29, 1.82) is 0 Å². The van der Waals surface area contributed by atoms with Crippen LogP contribution in [-0.4, -0.2) is 204 Å². The summed E-state index contributed by atoms with van der Waals surface area (Å²) in [7, 11) is 0. The van der Waals surface area contributed by atoms with Crippen molar-refractivity contribution in [2.75, 3.05) is 19.8 Å². The average Bonchev–Trinajstić information content (AvgIpc) is 3.57. The monoisotopic (exact) mass is 1100 g/mol. The standard InChI is InChI=1S/C55H86O22/c1-11-24(2)45(67)77-43-44(70-25(3)59)55(49(68)69)19-18-53(9)26(27(55)20-50(43,4)5)12-13-32-52(8)16-15-33(51(6,7)31(52)14-17-54(32,53)10)74-48-42(76-47-39(65)37(63)35(61)29(22-57)72-47)40(66)41(30(23-58)73-48)75-46-38(64)36(62)34(60)28(21-56)71-46/h11-12,27-44,46-48,56-58,60-66H,13-23H2,1-10H3,(H,68,69)/b24-11+/t27?,28-,29-,30-,31?,32?,33+,34-,35+,36+,37+,38-,39-,40+,41-,42-,43+,44+,46+,47+,48+,52+,53-,54-,55+/m1/s1. The van der Waals surface area contributed by atoms with Crippen molar-refractivity contribution < 1.29 is 108 Å². The molecular weight excluding hydrogens is 1010 g/mol. The quantitative estimate of drug-likeness (QED) is 0.0524. The highest BCUT2D eigenvalue weighted by atomic mass is 16.8. The number of esters is 2. The van der Waals surface area contributed by atoms with E-state index in [4.69, 9.17) is 37.9 Å². The van der Waals surface area contributed by atoms with Crippen LogP contribution in [0, 0.1) is 50.2 Å². The van der Waals surface area contributed by atoms with E-state index in [0.717, 1.165) is 18.4 Å². The first-order valence-electron chi connectivity index (χ1n) is 27.4. The van der Waals surface area contributed by atoms with E-state index in [1.54, 1.807) is 19.9 Å². The lowest BCUT2D eigenvalue weighted by Crippen LogP contribution is -2.70. The number of hydrogen-bond acceptors (Lipinski definition) is 21. The van der Waals surface area contributed by atoms with Crippen molar-refractivity contribution in [2.45, 2.75) is 231 Å². The van der Waals surface area contributed by atoms with Gasteiger partial charge in [0.25, 0.3) is 0 Å². The molecule has 25 atom stereocenters. The first kappa shape index (κ1) is 60.3. The van der Waals surface area contributed by atoms with Crippen LogP contribution in [0.2, 0.25) is 0 Å². The minimum Gasteiger partial charge on any atom is -0.481 e. The third-order valence-electron chi connectivity index (χ3n) is 20.8. The van der Waals surface area contributed by atoms with Crippen molar-refractivity contribution in [1.82, 2.24) is 0 Å². The fourth-order valence-electron chi connectivity index (χ4n) is 16.1. The van der Waals surface area contributed by atoms with Crippen LogP contribution in [0.15, 0.2) is 23.3 Å². The summed E-state index contributed by atoms with van der Waals surface area (Å²) < 4.78 is 49.0. The van der Waals surface area contributed by atoms with Crippen molar-refractivity contribution in [3.8, 4) is 0 Å². The Hall–Kier alpha value is -2.75. The van der Waals surface area contributed by atoms with Gasteiger partial charge in [-0.3, -0.25) is 9.59 Å². The largest absolute Gasteiger partial charge is 0.481 e. The number of aliphatic hydroxyl groups is 10. The summed E-state index contributed by atoms with van der Waals surface area (Å²) in [5.74, 6) is -2.80. The molecule has 3 unspecified atom stereocenters. The van der Waals surface area contributed by atoms with Crippen LogP contribution in [0.3, 0.4) is 0 Å². The summed E-state index contributed by atoms with van der Waals surface area (Å²) in [4.78, 5) is 40.4. The fraction of sp³-hybridized carbons (Fsp3) is 0.873. The number of carbonyl (C=O) groups is 3. The summed E-state index contributed by atoms with van der Waals surface area (Å²) in [6, 6.07) is 0. The van der Waals surface area contributed by atoms with Crippen LogP contribution in [0.4, 0.5) is 0 Å². The first-order chi connectivity index (χ1) is 35.9. The van der Waals surface area contributed by atoms with E-state index in [9.17, 15) is 70.6 Å². The van der Waals surface area contributed by atoms with E-state index in [-0.39, 0.29) is 29.1 Å². The molecular formula is C55H86O22. The maximum absolute atomic E-state index is 14.0. The lowest BCUT2D eigenvalue weighted by Gasteiger charge is -2.71. The number of aliphatic hydroxyl groups excluding tert-OH is 10. The molecule has 0 radical (unpaired) electrons. The van der Waals surface area contributed by atoms with Gasteiger partial charge in [0.1, 0.15) is 84.8 Å². The zero-order valence-corrected chi connectivity index (χ0v) is 46.0. The molecule has 11 N–H and O–H groups in total. The molecule has 0 aromatic heterocycles. The number of ether oxygens (including phenoxy) is 8. The smallest absolute Gasteiger partial charge is 0.333 e. The minimum absolute atomic E-state index is 0.0133. The Morgan fingerprint density at radius 2 is 1.19 bits per heavy atom. The molecule has 0 bridgehead atoms.